The van der Waals surface area contributed by atoms with Crippen molar-refractivity contribution in [2.45, 2.75) is 6.42 Å². The Morgan fingerprint density at radius 1 is 0.704 bits per heavy atom. The maximum absolute atomic E-state index is 12.3. The average Bonchev–Trinajstić information content (AvgIpc) is 2.66. The predicted molar refractivity (Wildman–Crippen MR) is 86.0 cm³/mol. The molecule has 2 N–H and O–H groups in total. The number of carbonyl (C=O) groups is 4. The molecule has 0 fully saturated rings. The van der Waals surface area contributed by atoms with Gasteiger partial charge in [0.05, 0.1) is 39.6 Å². The molecule has 0 unspecified atom stereocenters. The standard InChI is InChI=1S/C17H20O10/c1-24-14(20)8-6-5-7(10(12(8)18)16(22)26-3)11(17(23)27-4)13(19)9(6)15(21)25-2/h6-8,11,18-19H,5H2,1-4H3/t6-,7+,8+,11+/m0/s1. The van der Waals surface area contributed by atoms with Gasteiger partial charge in [0.2, 0.25) is 0 Å². The van der Waals surface area contributed by atoms with Gasteiger partial charge in [0, 0.05) is 11.8 Å². The van der Waals surface area contributed by atoms with Crippen molar-refractivity contribution in [3.8, 4) is 0 Å². The number of carbonyl (C=O) groups excluding carboxylic acids is 4. The number of methoxy groups -OCH3 is 4. The van der Waals surface area contributed by atoms with Crippen LogP contribution in [-0.4, -0.2) is 62.5 Å². The highest BCUT2D eigenvalue weighted by atomic mass is 16.5. The smallest absolute Gasteiger partial charge is 0.337 e. The molecule has 0 aromatic rings. The topological polar surface area (TPSA) is 146 Å². The van der Waals surface area contributed by atoms with E-state index in [2.05, 4.69) is 18.9 Å². The van der Waals surface area contributed by atoms with E-state index >= 15 is 0 Å². The minimum atomic E-state index is -1.45. The zero-order valence-electron chi connectivity index (χ0n) is 15.2. The summed E-state index contributed by atoms with van der Waals surface area (Å²) in [6.45, 7) is 0. The quantitative estimate of drug-likeness (QED) is 0.508. The molecule has 27 heavy (non-hydrogen) atoms. The van der Waals surface area contributed by atoms with Gasteiger partial charge in [-0.15, -0.1) is 0 Å². The lowest BCUT2D eigenvalue weighted by atomic mass is 9.61. The third-order valence-corrected chi connectivity index (χ3v) is 4.92. The molecule has 148 valence electrons. The number of rotatable bonds is 4. The van der Waals surface area contributed by atoms with Crippen LogP contribution in [0, 0.1) is 23.7 Å². The third kappa shape index (κ3) is 3.11. The van der Waals surface area contributed by atoms with Crippen molar-refractivity contribution in [3.63, 3.8) is 0 Å². The fourth-order valence-electron chi connectivity index (χ4n) is 3.75. The molecule has 0 saturated heterocycles. The van der Waals surface area contributed by atoms with Crippen molar-refractivity contribution in [1.82, 2.24) is 0 Å². The first-order chi connectivity index (χ1) is 12.7. The Bertz CT molecular complexity index is 685. The highest BCUT2D eigenvalue weighted by molar-refractivity contribution is 5.97. The van der Waals surface area contributed by atoms with Crippen LogP contribution in [0.5, 0.6) is 0 Å². The van der Waals surface area contributed by atoms with E-state index in [1.807, 2.05) is 0 Å². The summed E-state index contributed by atoms with van der Waals surface area (Å²) in [6.07, 6.45) is -0.0947. The third-order valence-electron chi connectivity index (χ3n) is 4.92. The monoisotopic (exact) mass is 384 g/mol. The Labute approximate surface area is 154 Å². The summed E-state index contributed by atoms with van der Waals surface area (Å²) in [5, 5.41) is 21.3. The molecule has 0 aromatic heterocycles. The van der Waals surface area contributed by atoms with Crippen molar-refractivity contribution in [2.75, 3.05) is 28.4 Å². The first-order valence-corrected chi connectivity index (χ1v) is 7.93. The Morgan fingerprint density at radius 3 is 1.30 bits per heavy atom. The van der Waals surface area contributed by atoms with Gasteiger partial charge in [-0.05, 0) is 6.42 Å². The van der Waals surface area contributed by atoms with Gasteiger partial charge < -0.3 is 29.2 Å². The maximum atomic E-state index is 12.3. The van der Waals surface area contributed by atoms with Crippen molar-refractivity contribution in [2.24, 2.45) is 23.7 Å². The molecule has 0 amide bonds. The maximum Gasteiger partial charge on any atom is 0.337 e. The van der Waals surface area contributed by atoms with Crippen LogP contribution in [0.4, 0.5) is 0 Å². The van der Waals surface area contributed by atoms with E-state index in [9.17, 15) is 29.4 Å². The van der Waals surface area contributed by atoms with Crippen LogP contribution in [0.2, 0.25) is 0 Å². The SMILES string of the molecule is COC(=O)C1=C(O)[C@H](C(=O)OC)[C@@H]2C[C@H]1[C@@H](C(=O)OC)C(O)=C2C(=O)OC. The minimum Gasteiger partial charge on any atom is -0.511 e. The molecule has 0 saturated carbocycles. The molecule has 10 nitrogen and oxygen atoms in total. The highest BCUT2D eigenvalue weighted by Crippen LogP contribution is 2.51. The van der Waals surface area contributed by atoms with Crippen LogP contribution < -0.4 is 0 Å². The molecular weight excluding hydrogens is 364 g/mol. The summed E-state index contributed by atoms with van der Waals surface area (Å²) in [5.41, 5.74) is -0.704. The lowest BCUT2D eigenvalue weighted by Crippen LogP contribution is -2.47. The van der Waals surface area contributed by atoms with Gasteiger partial charge in [0.15, 0.2) is 0 Å². The summed E-state index contributed by atoms with van der Waals surface area (Å²) in [7, 11) is 4.27. The van der Waals surface area contributed by atoms with Crippen LogP contribution in [0.25, 0.3) is 0 Å². The van der Waals surface area contributed by atoms with Crippen molar-refractivity contribution in [1.29, 1.82) is 0 Å². The second kappa shape index (κ2) is 7.68. The van der Waals surface area contributed by atoms with Crippen molar-refractivity contribution >= 4 is 23.9 Å². The molecular formula is C17H20O10. The normalized spacial score (nSPS) is 27.0. The number of ether oxygens (including phenoxy) is 4. The van der Waals surface area contributed by atoms with Crippen LogP contribution in [0.15, 0.2) is 22.7 Å². The Balaban J connectivity index is 2.78. The zero-order valence-corrected chi connectivity index (χ0v) is 15.2. The molecule has 2 aliphatic carbocycles. The molecule has 2 aliphatic rings. The molecule has 2 bridgehead atoms. The van der Waals surface area contributed by atoms with Gasteiger partial charge in [-0.1, -0.05) is 0 Å². The number of hydrogen-bond donors (Lipinski definition) is 2. The van der Waals surface area contributed by atoms with Crippen LogP contribution in [-0.2, 0) is 38.1 Å². The van der Waals surface area contributed by atoms with E-state index in [1.54, 1.807) is 0 Å². The van der Waals surface area contributed by atoms with Crippen LogP contribution in [0.1, 0.15) is 6.42 Å². The van der Waals surface area contributed by atoms with E-state index in [4.69, 9.17) is 0 Å². The van der Waals surface area contributed by atoms with E-state index < -0.39 is 59.1 Å². The lowest BCUT2D eigenvalue weighted by Gasteiger charge is -2.42. The van der Waals surface area contributed by atoms with E-state index in [1.165, 1.54) is 0 Å². The summed E-state index contributed by atoms with van der Waals surface area (Å²) >= 11 is 0. The van der Waals surface area contributed by atoms with Gasteiger partial charge in [-0.2, -0.15) is 0 Å². The molecule has 2 rings (SSSR count). The summed E-state index contributed by atoms with van der Waals surface area (Å²) in [5.74, 6) is -10.2. The molecule has 10 heteroatoms. The molecule has 0 aliphatic heterocycles. The molecule has 0 spiro atoms. The molecule has 0 aromatic carbocycles. The van der Waals surface area contributed by atoms with Crippen molar-refractivity contribution in [3.05, 3.63) is 22.7 Å². The van der Waals surface area contributed by atoms with E-state index in [-0.39, 0.29) is 17.6 Å². The van der Waals surface area contributed by atoms with Gasteiger partial charge in [0.25, 0.3) is 0 Å². The first kappa shape index (κ1) is 20.3. The number of fused-ring (bicyclic) bond motifs is 2. The van der Waals surface area contributed by atoms with Crippen molar-refractivity contribution < 1.29 is 48.3 Å². The number of hydrogen-bond acceptors (Lipinski definition) is 10. The second-order valence-electron chi connectivity index (χ2n) is 6.03. The van der Waals surface area contributed by atoms with Crippen LogP contribution >= 0.6 is 0 Å². The molecule has 0 radical (unpaired) electrons. The average molecular weight is 384 g/mol. The van der Waals surface area contributed by atoms with Gasteiger partial charge in [-0.25, -0.2) is 9.59 Å². The fourth-order valence-corrected chi connectivity index (χ4v) is 3.75. The predicted octanol–water partition coefficient (Wildman–Crippen LogP) is 0.185. The number of aliphatic hydroxyl groups is 2. The van der Waals surface area contributed by atoms with Gasteiger partial charge in [-0.3, -0.25) is 9.59 Å². The lowest BCUT2D eigenvalue weighted by molar-refractivity contribution is -0.151. The summed E-state index contributed by atoms with van der Waals surface area (Å²) in [6, 6.07) is 0. The van der Waals surface area contributed by atoms with Gasteiger partial charge in [0.1, 0.15) is 23.4 Å². The van der Waals surface area contributed by atoms with Crippen LogP contribution in [0.3, 0.4) is 0 Å². The summed E-state index contributed by atoms with van der Waals surface area (Å²) < 4.78 is 18.7. The number of esters is 4. The highest BCUT2D eigenvalue weighted by Gasteiger charge is 2.56. The largest absolute Gasteiger partial charge is 0.511 e. The number of aliphatic hydroxyl groups excluding tert-OH is 2. The Morgan fingerprint density at radius 2 is 1.04 bits per heavy atom. The molecule has 0 heterocycles. The Hall–Kier alpha value is -3.04. The zero-order chi connectivity index (χ0) is 20.5. The first-order valence-electron chi connectivity index (χ1n) is 7.93. The second-order valence-corrected chi connectivity index (χ2v) is 6.03. The van der Waals surface area contributed by atoms with E-state index in [0.29, 0.717) is 0 Å². The fraction of sp³-hybridized carbons (Fsp3) is 0.529. The minimum absolute atomic E-state index is 0.0947. The van der Waals surface area contributed by atoms with Gasteiger partial charge >= 0.3 is 23.9 Å². The Kier molecular flexibility index (Phi) is 5.77. The van der Waals surface area contributed by atoms with E-state index in [0.717, 1.165) is 28.4 Å². The summed E-state index contributed by atoms with van der Waals surface area (Å²) in [4.78, 5) is 49.0. The molecule has 4 atom stereocenters.